The maximum Gasteiger partial charge on any atom is 0.349 e. The summed E-state index contributed by atoms with van der Waals surface area (Å²) in [6.45, 7) is -0.412. The second kappa shape index (κ2) is 8.30. The van der Waals surface area contributed by atoms with Gasteiger partial charge < -0.3 is 9.47 Å². The second-order valence-corrected chi connectivity index (χ2v) is 4.81. The lowest BCUT2D eigenvalue weighted by molar-refractivity contribution is -0.137. The van der Waals surface area contributed by atoms with Gasteiger partial charge in [0, 0.05) is 5.56 Å². The summed E-state index contributed by atoms with van der Waals surface area (Å²) < 4.78 is 9.96. The van der Waals surface area contributed by atoms with Gasteiger partial charge in [-0.3, -0.25) is 4.79 Å². The van der Waals surface area contributed by atoms with Crippen LogP contribution in [0.25, 0.3) is 6.08 Å². The molecule has 0 atom stereocenters. The predicted molar refractivity (Wildman–Crippen MR) is 88.3 cm³/mol. The molecule has 0 radical (unpaired) electrons. The molecule has 120 valence electrons. The summed E-state index contributed by atoms with van der Waals surface area (Å²) in [5, 5.41) is 9.11. The Balaban J connectivity index is 2.02. The Morgan fingerprint density at radius 2 is 1.75 bits per heavy atom. The van der Waals surface area contributed by atoms with Crippen LogP contribution in [0.1, 0.15) is 15.9 Å². The Labute approximate surface area is 139 Å². The molecule has 0 unspecified atom stereocenters. The van der Waals surface area contributed by atoms with E-state index in [2.05, 4.69) is 0 Å². The molecule has 2 aromatic carbocycles. The fraction of sp³-hybridized carbons (Fsp3) is 0.105. The topological polar surface area (TPSA) is 76.4 Å². The number of ether oxygens (including phenoxy) is 2. The number of nitriles is 1. The van der Waals surface area contributed by atoms with Crippen LogP contribution in [0.3, 0.4) is 0 Å². The molecule has 0 fully saturated rings. The molecular weight excluding hydrogens is 306 g/mol. The molecule has 2 aromatic rings. The van der Waals surface area contributed by atoms with Crippen LogP contribution < -0.4 is 4.74 Å². The third-order valence-corrected chi connectivity index (χ3v) is 3.20. The van der Waals surface area contributed by atoms with E-state index in [1.54, 1.807) is 67.8 Å². The van der Waals surface area contributed by atoms with Gasteiger partial charge in [-0.2, -0.15) is 5.26 Å². The van der Waals surface area contributed by atoms with Gasteiger partial charge in [0.15, 0.2) is 12.4 Å². The molecular formula is C19H15NO4. The molecule has 0 aliphatic heterocycles. The number of esters is 1. The summed E-state index contributed by atoms with van der Waals surface area (Å²) >= 11 is 0. The van der Waals surface area contributed by atoms with Crippen LogP contribution in [-0.4, -0.2) is 25.5 Å². The Kier molecular flexibility index (Phi) is 5.87. The first-order chi connectivity index (χ1) is 11.6. The molecule has 2 rings (SSSR count). The van der Waals surface area contributed by atoms with Crippen molar-refractivity contribution >= 4 is 17.8 Å². The zero-order valence-corrected chi connectivity index (χ0v) is 13.1. The van der Waals surface area contributed by atoms with Crippen molar-refractivity contribution in [3.8, 4) is 11.8 Å². The molecule has 0 spiro atoms. The highest BCUT2D eigenvalue weighted by Gasteiger charge is 2.14. The minimum Gasteiger partial charge on any atom is -0.497 e. The molecule has 0 amide bonds. The highest BCUT2D eigenvalue weighted by molar-refractivity contribution is 6.01. The number of hydrogen-bond acceptors (Lipinski definition) is 5. The van der Waals surface area contributed by atoms with Crippen LogP contribution >= 0.6 is 0 Å². The van der Waals surface area contributed by atoms with E-state index in [0.29, 0.717) is 16.9 Å². The maximum absolute atomic E-state index is 11.9. The maximum atomic E-state index is 11.9. The predicted octanol–water partition coefficient (Wildman–Crippen LogP) is 3.03. The second-order valence-electron chi connectivity index (χ2n) is 4.81. The van der Waals surface area contributed by atoms with Crippen molar-refractivity contribution < 1.29 is 19.1 Å². The van der Waals surface area contributed by atoms with Gasteiger partial charge in [0.25, 0.3) is 0 Å². The van der Waals surface area contributed by atoms with Crippen LogP contribution in [0, 0.1) is 11.3 Å². The molecule has 0 saturated carbocycles. The van der Waals surface area contributed by atoms with Crippen molar-refractivity contribution in [3.05, 3.63) is 71.3 Å². The summed E-state index contributed by atoms with van der Waals surface area (Å²) in [7, 11) is 1.55. The van der Waals surface area contributed by atoms with Crippen molar-refractivity contribution in [1.29, 1.82) is 5.26 Å². The summed E-state index contributed by atoms with van der Waals surface area (Å²) in [4.78, 5) is 23.8. The molecule has 0 aliphatic rings. The van der Waals surface area contributed by atoms with E-state index in [-0.39, 0.29) is 11.4 Å². The first-order valence-electron chi connectivity index (χ1n) is 7.15. The number of methoxy groups -OCH3 is 1. The number of carbonyl (C=O) groups is 2. The molecule has 0 N–H and O–H groups in total. The molecule has 0 aliphatic carbocycles. The lowest BCUT2D eigenvalue weighted by Crippen LogP contribution is -2.15. The van der Waals surface area contributed by atoms with E-state index >= 15 is 0 Å². The van der Waals surface area contributed by atoms with Gasteiger partial charge in [0.1, 0.15) is 17.4 Å². The number of Topliss-reactive ketones (excluding diaryl/α,β-unsaturated/α-hetero) is 1. The summed E-state index contributed by atoms with van der Waals surface area (Å²) in [6, 6.07) is 17.1. The summed E-state index contributed by atoms with van der Waals surface area (Å²) in [5.41, 5.74) is 0.919. The zero-order valence-electron chi connectivity index (χ0n) is 13.1. The molecule has 0 bridgehead atoms. The first-order valence-corrected chi connectivity index (χ1v) is 7.15. The molecule has 0 aromatic heterocycles. The third-order valence-electron chi connectivity index (χ3n) is 3.20. The van der Waals surface area contributed by atoms with Crippen LogP contribution in [-0.2, 0) is 9.53 Å². The van der Waals surface area contributed by atoms with E-state index in [1.807, 2.05) is 0 Å². The average molecular weight is 321 g/mol. The van der Waals surface area contributed by atoms with Gasteiger partial charge in [0.2, 0.25) is 0 Å². The van der Waals surface area contributed by atoms with Crippen molar-refractivity contribution in [3.63, 3.8) is 0 Å². The van der Waals surface area contributed by atoms with E-state index in [9.17, 15) is 9.59 Å². The average Bonchev–Trinajstić information content (AvgIpc) is 2.65. The smallest absolute Gasteiger partial charge is 0.349 e. The zero-order chi connectivity index (χ0) is 17.4. The van der Waals surface area contributed by atoms with Crippen molar-refractivity contribution in [2.45, 2.75) is 0 Å². The largest absolute Gasteiger partial charge is 0.497 e. The van der Waals surface area contributed by atoms with Crippen LogP contribution in [0.5, 0.6) is 5.75 Å². The lowest BCUT2D eigenvalue weighted by atomic mass is 10.1. The fourth-order valence-electron chi connectivity index (χ4n) is 1.92. The van der Waals surface area contributed by atoms with Crippen LogP contribution in [0.4, 0.5) is 0 Å². The quantitative estimate of drug-likeness (QED) is 0.354. The SMILES string of the molecule is COc1ccc(/C=C(\C#N)C(=O)OCC(=O)c2ccccc2)cc1. The third kappa shape index (κ3) is 4.55. The van der Waals surface area contributed by atoms with Crippen LogP contribution in [0.15, 0.2) is 60.2 Å². The standard InChI is InChI=1S/C19H15NO4/c1-23-17-9-7-14(8-10-17)11-16(12-20)19(22)24-13-18(21)15-5-3-2-4-6-15/h2-11H,13H2,1H3/b16-11+. The van der Waals surface area contributed by atoms with Crippen molar-refractivity contribution in [2.24, 2.45) is 0 Å². The number of hydrogen-bond donors (Lipinski definition) is 0. The van der Waals surface area contributed by atoms with Gasteiger partial charge in [-0.15, -0.1) is 0 Å². The highest BCUT2D eigenvalue weighted by Crippen LogP contribution is 2.14. The number of carbonyl (C=O) groups excluding carboxylic acids is 2. The Morgan fingerprint density at radius 3 is 2.33 bits per heavy atom. The van der Waals surface area contributed by atoms with Gasteiger partial charge in [0.05, 0.1) is 7.11 Å². The van der Waals surface area contributed by atoms with Gasteiger partial charge >= 0.3 is 5.97 Å². The molecule has 0 heterocycles. The van der Waals surface area contributed by atoms with Crippen LogP contribution in [0.2, 0.25) is 0 Å². The number of nitrogens with zero attached hydrogens (tertiary/aromatic N) is 1. The number of rotatable bonds is 6. The lowest BCUT2D eigenvalue weighted by Gasteiger charge is -2.04. The Hall–Kier alpha value is -3.39. The van der Waals surface area contributed by atoms with Gasteiger partial charge in [-0.25, -0.2) is 4.79 Å². The monoisotopic (exact) mass is 321 g/mol. The Bertz CT molecular complexity index is 786. The molecule has 24 heavy (non-hydrogen) atoms. The van der Waals surface area contributed by atoms with Crippen molar-refractivity contribution in [1.82, 2.24) is 0 Å². The number of ketones is 1. The van der Waals surface area contributed by atoms with E-state index in [4.69, 9.17) is 14.7 Å². The first kappa shape index (κ1) is 17.0. The Morgan fingerprint density at radius 1 is 1.08 bits per heavy atom. The molecule has 5 nitrogen and oxygen atoms in total. The van der Waals surface area contributed by atoms with Gasteiger partial charge in [-0.05, 0) is 23.8 Å². The molecule has 0 saturated heterocycles. The summed E-state index contributed by atoms with van der Waals surface area (Å²) in [6.07, 6.45) is 1.40. The highest BCUT2D eigenvalue weighted by atomic mass is 16.5. The van der Waals surface area contributed by atoms with E-state index < -0.39 is 12.6 Å². The minimum atomic E-state index is -0.836. The summed E-state index contributed by atoms with van der Waals surface area (Å²) in [5.74, 6) is -0.495. The minimum absolute atomic E-state index is 0.180. The number of benzene rings is 2. The van der Waals surface area contributed by atoms with Gasteiger partial charge in [-0.1, -0.05) is 42.5 Å². The normalized spacial score (nSPS) is 10.6. The van der Waals surface area contributed by atoms with E-state index in [1.165, 1.54) is 6.08 Å². The van der Waals surface area contributed by atoms with Crippen molar-refractivity contribution in [2.75, 3.05) is 13.7 Å². The fourth-order valence-corrected chi connectivity index (χ4v) is 1.92. The molecule has 5 heteroatoms. The van der Waals surface area contributed by atoms with E-state index in [0.717, 1.165) is 0 Å².